The molecule has 0 aromatic heterocycles. The van der Waals surface area contributed by atoms with Gasteiger partial charge in [-0.15, -0.1) is 0 Å². The van der Waals surface area contributed by atoms with E-state index in [1.807, 2.05) is 0 Å². The molecule has 0 saturated heterocycles. The highest BCUT2D eigenvalue weighted by Crippen LogP contribution is 2.28. The number of nitrogens with two attached hydrogens (primary N) is 1. The zero-order valence-corrected chi connectivity index (χ0v) is 8.20. The van der Waals surface area contributed by atoms with Crippen molar-refractivity contribution in [1.29, 1.82) is 0 Å². The smallest absolute Gasteiger partial charge is 0.165 e. The first-order valence-corrected chi connectivity index (χ1v) is 4.34. The molecule has 4 heteroatoms. The lowest BCUT2D eigenvalue weighted by atomic mass is 10.0. The van der Waals surface area contributed by atoms with E-state index in [0.717, 1.165) is 0 Å². The van der Waals surface area contributed by atoms with Crippen molar-refractivity contribution in [3.8, 4) is 5.75 Å². The van der Waals surface area contributed by atoms with Gasteiger partial charge in [-0.1, -0.05) is 12.1 Å². The van der Waals surface area contributed by atoms with Gasteiger partial charge in [0.05, 0.1) is 19.3 Å². The number of hydrogen-bond donors (Lipinski definition) is 2. The Balaban J connectivity index is 3.13. The third-order valence-corrected chi connectivity index (χ3v) is 2.08. The maximum absolute atomic E-state index is 13.2. The van der Waals surface area contributed by atoms with Crippen LogP contribution in [0.1, 0.15) is 18.5 Å². The lowest BCUT2D eigenvalue weighted by Crippen LogP contribution is -2.23. The van der Waals surface area contributed by atoms with Gasteiger partial charge in [-0.2, -0.15) is 0 Å². The summed E-state index contributed by atoms with van der Waals surface area (Å²) in [7, 11) is 1.37. The van der Waals surface area contributed by atoms with Crippen LogP contribution in [0.15, 0.2) is 18.2 Å². The molecular weight excluding hydrogens is 185 g/mol. The van der Waals surface area contributed by atoms with Gasteiger partial charge in [0.25, 0.3) is 0 Å². The third kappa shape index (κ3) is 2.02. The van der Waals surface area contributed by atoms with E-state index in [0.29, 0.717) is 5.56 Å². The molecule has 0 amide bonds. The Morgan fingerprint density at radius 2 is 2.14 bits per heavy atom. The number of rotatable bonds is 3. The standard InChI is InChI=1S/C10H14FNO2/c1-6(13)9(12)7-4-3-5-8(11)10(7)14-2/h3-6,9,13H,12H2,1-2H3/t6?,9-/m1/s1. The monoisotopic (exact) mass is 199 g/mol. The van der Waals surface area contributed by atoms with Crippen LogP contribution in [0, 0.1) is 5.82 Å². The molecule has 0 aliphatic heterocycles. The predicted octanol–water partition coefficient (Wildman–Crippen LogP) is 1.21. The van der Waals surface area contributed by atoms with Gasteiger partial charge in [0.2, 0.25) is 0 Å². The summed E-state index contributed by atoms with van der Waals surface area (Å²) in [4.78, 5) is 0. The minimum Gasteiger partial charge on any atom is -0.493 e. The van der Waals surface area contributed by atoms with Crippen LogP contribution in [0.4, 0.5) is 4.39 Å². The molecule has 0 spiro atoms. The molecule has 0 aliphatic rings. The molecular formula is C10H14FNO2. The normalized spacial score (nSPS) is 14.9. The van der Waals surface area contributed by atoms with Crippen molar-refractivity contribution in [2.24, 2.45) is 5.73 Å². The summed E-state index contributed by atoms with van der Waals surface area (Å²) in [5.41, 5.74) is 6.16. The fraction of sp³-hybridized carbons (Fsp3) is 0.400. The van der Waals surface area contributed by atoms with Gasteiger partial charge in [-0.3, -0.25) is 0 Å². The molecule has 78 valence electrons. The number of ether oxygens (including phenoxy) is 1. The second kappa shape index (κ2) is 4.39. The highest BCUT2D eigenvalue weighted by Gasteiger charge is 2.18. The summed E-state index contributed by atoms with van der Waals surface area (Å²) < 4.78 is 18.1. The molecule has 1 unspecified atom stereocenters. The van der Waals surface area contributed by atoms with Gasteiger partial charge in [-0.25, -0.2) is 4.39 Å². The number of aliphatic hydroxyl groups excluding tert-OH is 1. The van der Waals surface area contributed by atoms with Crippen LogP contribution in [0.5, 0.6) is 5.75 Å². The zero-order chi connectivity index (χ0) is 10.7. The number of aliphatic hydroxyl groups is 1. The van der Waals surface area contributed by atoms with Crippen molar-refractivity contribution in [2.75, 3.05) is 7.11 Å². The molecule has 0 saturated carbocycles. The number of benzene rings is 1. The topological polar surface area (TPSA) is 55.5 Å². The van der Waals surface area contributed by atoms with Gasteiger partial charge in [0.1, 0.15) is 0 Å². The Bertz CT molecular complexity index is 315. The molecule has 1 aromatic carbocycles. The van der Waals surface area contributed by atoms with E-state index in [4.69, 9.17) is 10.5 Å². The van der Waals surface area contributed by atoms with Crippen molar-refractivity contribution in [1.82, 2.24) is 0 Å². The Morgan fingerprint density at radius 3 is 2.64 bits per heavy atom. The summed E-state index contributed by atoms with van der Waals surface area (Å²) >= 11 is 0. The van der Waals surface area contributed by atoms with E-state index in [1.54, 1.807) is 13.0 Å². The first kappa shape index (κ1) is 10.9. The van der Waals surface area contributed by atoms with Crippen molar-refractivity contribution < 1.29 is 14.2 Å². The van der Waals surface area contributed by atoms with Crippen molar-refractivity contribution in [3.63, 3.8) is 0 Å². The lowest BCUT2D eigenvalue weighted by Gasteiger charge is -2.18. The number of hydrogen-bond acceptors (Lipinski definition) is 3. The van der Waals surface area contributed by atoms with Crippen molar-refractivity contribution in [2.45, 2.75) is 19.1 Å². The second-order valence-electron chi connectivity index (χ2n) is 3.13. The Hall–Kier alpha value is -1.13. The van der Waals surface area contributed by atoms with Gasteiger partial charge >= 0.3 is 0 Å². The van der Waals surface area contributed by atoms with Crippen LogP contribution in [0.25, 0.3) is 0 Å². The predicted molar refractivity (Wildman–Crippen MR) is 51.6 cm³/mol. The third-order valence-electron chi connectivity index (χ3n) is 2.08. The quantitative estimate of drug-likeness (QED) is 0.769. The van der Waals surface area contributed by atoms with E-state index in [9.17, 15) is 9.50 Å². The SMILES string of the molecule is COc1c(F)cccc1[C@H](N)C(C)O. The van der Waals surface area contributed by atoms with Gasteiger partial charge in [-0.05, 0) is 13.0 Å². The van der Waals surface area contributed by atoms with Gasteiger partial charge in [0.15, 0.2) is 11.6 Å². The van der Waals surface area contributed by atoms with Crippen LogP contribution < -0.4 is 10.5 Å². The highest BCUT2D eigenvalue weighted by atomic mass is 19.1. The maximum atomic E-state index is 13.2. The Labute approximate surface area is 82.3 Å². The molecule has 0 radical (unpaired) electrons. The number of methoxy groups -OCH3 is 1. The number of halogens is 1. The first-order chi connectivity index (χ1) is 6.57. The fourth-order valence-electron chi connectivity index (χ4n) is 1.26. The maximum Gasteiger partial charge on any atom is 0.165 e. The first-order valence-electron chi connectivity index (χ1n) is 4.34. The van der Waals surface area contributed by atoms with E-state index in [1.165, 1.54) is 19.2 Å². The van der Waals surface area contributed by atoms with E-state index < -0.39 is 18.0 Å². The van der Waals surface area contributed by atoms with Crippen LogP contribution in [0.2, 0.25) is 0 Å². The summed E-state index contributed by atoms with van der Waals surface area (Å²) in [5, 5.41) is 9.28. The summed E-state index contributed by atoms with van der Waals surface area (Å²) in [6.45, 7) is 1.55. The van der Waals surface area contributed by atoms with Gasteiger partial charge in [0, 0.05) is 5.56 Å². The minimum atomic E-state index is -0.745. The largest absolute Gasteiger partial charge is 0.493 e. The van der Waals surface area contributed by atoms with Crippen molar-refractivity contribution in [3.05, 3.63) is 29.6 Å². The molecule has 0 aliphatic carbocycles. The number of para-hydroxylation sites is 1. The average Bonchev–Trinajstić information content (AvgIpc) is 2.16. The van der Waals surface area contributed by atoms with E-state index in [-0.39, 0.29) is 5.75 Å². The molecule has 3 N–H and O–H groups in total. The minimum absolute atomic E-state index is 0.0981. The Morgan fingerprint density at radius 1 is 1.50 bits per heavy atom. The molecule has 14 heavy (non-hydrogen) atoms. The molecule has 3 nitrogen and oxygen atoms in total. The zero-order valence-electron chi connectivity index (χ0n) is 8.20. The summed E-state index contributed by atoms with van der Waals surface area (Å²) in [6.07, 6.45) is -0.745. The van der Waals surface area contributed by atoms with Crippen molar-refractivity contribution >= 4 is 0 Å². The molecule has 2 atom stereocenters. The molecule has 0 fully saturated rings. The highest BCUT2D eigenvalue weighted by molar-refractivity contribution is 5.37. The summed E-state index contributed by atoms with van der Waals surface area (Å²) in [6, 6.07) is 3.83. The molecule has 1 rings (SSSR count). The molecule has 0 heterocycles. The van der Waals surface area contributed by atoms with Crippen LogP contribution in [-0.2, 0) is 0 Å². The van der Waals surface area contributed by atoms with Crippen LogP contribution in [0.3, 0.4) is 0 Å². The summed E-state index contributed by atoms with van der Waals surface area (Å²) in [5.74, 6) is -0.373. The van der Waals surface area contributed by atoms with Crippen LogP contribution >= 0.6 is 0 Å². The average molecular weight is 199 g/mol. The van der Waals surface area contributed by atoms with E-state index in [2.05, 4.69) is 0 Å². The Kier molecular flexibility index (Phi) is 3.43. The van der Waals surface area contributed by atoms with E-state index >= 15 is 0 Å². The fourth-order valence-corrected chi connectivity index (χ4v) is 1.26. The van der Waals surface area contributed by atoms with Gasteiger partial charge < -0.3 is 15.6 Å². The van der Waals surface area contributed by atoms with Crippen LogP contribution in [-0.4, -0.2) is 18.3 Å². The molecule has 1 aromatic rings. The second-order valence-corrected chi connectivity index (χ2v) is 3.13. The lowest BCUT2D eigenvalue weighted by molar-refractivity contribution is 0.162. The molecule has 0 bridgehead atoms.